The van der Waals surface area contributed by atoms with E-state index in [1.54, 1.807) is 0 Å². The summed E-state index contributed by atoms with van der Waals surface area (Å²) in [5, 5.41) is 0. The molecule has 1 heterocycles. The third-order valence-electron chi connectivity index (χ3n) is 3.57. The zero-order valence-corrected chi connectivity index (χ0v) is 9.64. The van der Waals surface area contributed by atoms with Crippen LogP contribution in [-0.2, 0) is 0 Å². The number of hydrogen-bond donors (Lipinski definition) is 0. The SMILES string of the molecule is CB1c2ccccc2-c2ccccc2N1C. The van der Waals surface area contributed by atoms with Crippen molar-refractivity contribution in [2.45, 2.75) is 6.82 Å². The lowest BCUT2D eigenvalue weighted by Gasteiger charge is -2.33. The Morgan fingerprint density at radius 2 is 1.50 bits per heavy atom. The number of anilines is 1. The zero-order valence-electron chi connectivity index (χ0n) is 9.64. The Kier molecular flexibility index (Phi) is 2.03. The summed E-state index contributed by atoms with van der Waals surface area (Å²) in [5.41, 5.74) is 5.47. The van der Waals surface area contributed by atoms with Crippen molar-refractivity contribution in [1.29, 1.82) is 0 Å². The van der Waals surface area contributed by atoms with Gasteiger partial charge in [0.05, 0.1) is 0 Å². The summed E-state index contributed by atoms with van der Waals surface area (Å²) >= 11 is 0. The molecule has 0 saturated heterocycles. The van der Waals surface area contributed by atoms with E-state index in [1.807, 2.05) is 0 Å². The average Bonchev–Trinajstić information content (AvgIpc) is 2.36. The highest BCUT2D eigenvalue weighted by molar-refractivity contribution is 6.77. The molecule has 2 aromatic rings. The van der Waals surface area contributed by atoms with Gasteiger partial charge in [-0.15, -0.1) is 0 Å². The summed E-state index contributed by atoms with van der Waals surface area (Å²) in [5.74, 6) is 0. The summed E-state index contributed by atoms with van der Waals surface area (Å²) < 4.78 is 0. The van der Waals surface area contributed by atoms with E-state index in [1.165, 1.54) is 22.3 Å². The molecule has 0 bridgehead atoms. The van der Waals surface area contributed by atoms with Crippen molar-refractivity contribution in [2.75, 3.05) is 11.9 Å². The van der Waals surface area contributed by atoms with Crippen molar-refractivity contribution in [3.05, 3.63) is 48.5 Å². The molecule has 0 aliphatic carbocycles. The highest BCUT2D eigenvalue weighted by Crippen LogP contribution is 2.33. The second kappa shape index (κ2) is 3.41. The number of para-hydroxylation sites is 1. The van der Waals surface area contributed by atoms with Crippen LogP contribution in [0.15, 0.2) is 48.5 Å². The standard InChI is InChI=1S/C14H14BN/c1-15-13-9-5-3-7-11(13)12-8-4-6-10-14(12)16(15)2/h3-10H,1-2H3. The average molecular weight is 207 g/mol. The van der Waals surface area contributed by atoms with E-state index >= 15 is 0 Å². The van der Waals surface area contributed by atoms with Crippen LogP contribution in [0.2, 0.25) is 6.82 Å². The van der Waals surface area contributed by atoms with E-state index in [4.69, 9.17) is 0 Å². The maximum Gasteiger partial charge on any atom is 0.285 e. The predicted molar refractivity (Wildman–Crippen MR) is 71.5 cm³/mol. The smallest absolute Gasteiger partial charge is 0.285 e. The van der Waals surface area contributed by atoms with Gasteiger partial charge in [0.2, 0.25) is 0 Å². The van der Waals surface area contributed by atoms with Crippen molar-refractivity contribution in [1.82, 2.24) is 0 Å². The Labute approximate surface area is 96.8 Å². The Morgan fingerprint density at radius 1 is 0.875 bits per heavy atom. The molecule has 0 unspecified atom stereocenters. The molecule has 16 heavy (non-hydrogen) atoms. The van der Waals surface area contributed by atoms with Crippen molar-refractivity contribution in [3.8, 4) is 11.1 Å². The normalized spacial score (nSPS) is 13.4. The van der Waals surface area contributed by atoms with Crippen LogP contribution in [0.25, 0.3) is 11.1 Å². The fraction of sp³-hybridized carbons (Fsp3) is 0.143. The van der Waals surface area contributed by atoms with Gasteiger partial charge in [0.15, 0.2) is 0 Å². The Balaban J connectivity index is 2.33. The molecule has 2 heteroatoms. The molecule has 2 aromatic carbocycles. The Hall–Kier alpha value is -1.70. The highest BCUT2D eigenvalue weighted by atomic mass is 15.0. The molecule has 0 N–H and O–H groups in total. The van der Waals surface area contributed by atoms with Crippen molar-refractivity contribution in [2.24, 2.45) is 0 Å². The van der Waals surface area contributed by atoms with Crippen LogP contribution in [0, 0.1) is 0 Å². The van der Waals surface area contributed by atoms with Gasteiger partial charge in [-0.25, -0.2) is 0 Å². The molecule has 3 rings (SSSR count). The third-order valence-corrected chi connectivity index (χ3v) is 3.57. The first kappa shape index (κ1) is 9.53. The van der Waals surface area contributed by atoms with Crippen LogP contribution in [-0.4, -0.2) is 13.9 Å². The van der Waals surface area contributed by atoms with Gasteiger partial charge >= 0.3 is 0 Å². The molecule has 1 nitrogen and oxygen atoms in total. The number of benzene rings is 2. The van der Waals surface area contributed by atoms with E-state index in [9.17, 15) is 0 Å². The Bertz CT molecular complexity index is 486. The van der Waals surface area contributed by atoms with Crippen LogP contribution in [0.3, 0.4) is 0 Å². The summed E-state index contributed by atoms with van der Waals surface area (Å²) in [6.07, 6.45) is 0. The van der Waals surface area contributed by atoms with Gasteiger partial charge in [0.25, 0.3) is 6.85 Å². The molecule has 0 atom stereocenters. The van der Waals surface area contributed by atoms with E-state index < -0.39 is 0 Å². The second-order valence-electron chi connectivity index (χ2n) is 4.39. The molecular weight excluding hydrogens is 193 g/mol. The number of fused-ring (bicyclic) bond motifs is 3. The molecule has 0 fully saturated rings. The second-order valence-corrected chi connectivity index (χ2v) is 4.39. The molecule has 0 spiro atoms. The van der Waals surface area contributed by atoms with Gasteiger partial charge in [0.1, 0.15) is 0 Å². The van der Waals surface area contributed by atoms with Gasteiger partial charge < -0.3 is 4.81 Å². The molecule has 1 aliphatic heterocycles. The third kappa shape index (κ3) is 1.19. The minimum absolute atomic E-state index is 0.450. The number of nitrogens with zero attached hydrogens (tertiary/aromatic N) is 1. The Morgan fingerprint density at radius 3 is 2.31 bits per heavy atom. The molecular formula is C14H14BN. The first-order valence-electron chi connectivity index (χ1n) is 5.70. The highest BCUT2D eigenvalue weighted by Gasteiger charge is 2.27. The first-order chi connectivity index (χ1) is 7.79. The molecule has 78 valence electrons. The van der Waals surface area contributed by atoms with Crippen LogP contribution in [0.1, 0.15) is 0 Å². The van der Waals surface area contributed by atoms with Gasteiger partial charge in [0, 0.05) is 11.3 Å². The fourth-order valence-electron chi connectivity index (χ4n) is 2.53. The van der Waals surface area contributed by atoms with Gasteiger partial charge in [-0.2, -0.15) is 0 Å². The minimum atomic E-state index is 0.450. The first-order valence-corrected chi connectivity index (χ1v) is 5.70. The van der Waals surface area contributed by atoms with Crippen molar-refractivity contribution < 1.29 is 0 Å². The summed E-state index contributed by atoms with van der Waals surface area (Å²) in [4.78, 5) is 2.34. The number of hydrogen-bond acceptors (Lipinski definition) is 1. The largest absolute Gasteiger partial charge is 0.413 e. The molecule has 0 radical (unpaired) electrons. The van der Waals surface area contributed by atoms with Crippen molar-refractivity contribution in [3.63, 3.8) is 0 Å². The summed E-state index contributed by atoms with van der Waals surface area (Å²) in [6, 6.07) is 17.3. The topological polar surface area (TPSA) is 3.24 Å². The minimum Gasteiger partial charge on any atom is -0.413 e. The van der Waals surface area contributed by atoms with Gasteiger partial charge in [-0.3, -0.25) is 0 Å². The molecule has 0 saturated carbocycles. The van der Waals surface area contributed by atoms with Gasteiger partial charge in [-0.05, 0) is 24.1 Å². The molecule has 0 amide bonds. The molecule has 1 aliphatic rings. The lowest BCUT2D eigenvalue weighted by atomic mass is 9.52. The van der Waals surface area contributed by atoms with Crippen LogP contribution in [0.4, 0.5) is 5.69 Å². The van der Waals surface area contributed by atoms with E-state index in [2.05, 4.69) is 67.2 Å². The quantitative estimate of drug-likeness (QED) is 0.600. The number of rotatable bonds is 0. The monoisotopic (exact) mass is 207 g/mol. The lowest BCUT2D eigenvalue weighted by Crippen LogP contribution is -2.47. The summed E-state index contributed by atoms with van der Waals surface area (Å²) in [6.45, 7) is 2.71. The van der Waals surface area contributed by atoms with Crippen LogP contribution in [0.5, 0.6) is 0 Å². The van der Waals surface area contributed by atoms with E-state index in [0.29, 0.717) is 6.85 Å². The maximum absolute atomic E-state index is 2.34. The predicted octanol–water partition coefficient (Wildman–Crippen LogP) is 2.63. The summed E-state index contributed by atoms with van der Waals surface area (Å²) in [7, 11) is 2.17. The van der Waals surface area contributed by atoms with E-state index in [-0.39, 0.29) is 0 Å². The van der Waals surface area contributed by atoms with E-state index in [0.717, 1.165) is 0 Å². The maximum atomic E-state index is 2.34. The van der Waals surface area contributed by atoms with Crippen LogP contribution < -0.4 is 10.3 Å². The zero-order chi connectivity index (χ0) is 11.1. The molecule has 0 aromatic heterocycles. The fourth-order valence-corrected chi connectivity index (χ4v) is 2.53. The lowest BCUT2D eigenvalue weighted by molar-refractivity contribution is 1.29. The van der Waals surface area contributed by atoms with Gasteiger partial charge in [-0.1, -0.05) is 49.3 Å². The van der Waals surface area contributed by atoms with Crippen LogP contribution >= 0.6 is 0 Å². The van der Waals surface area contributed by atoms with Crippen molar-refractivity contribution >= 4 is 18.0 Å².